The van der Waals surface area contributed by atoms with Crippen LogP contribution >= 0.6 is 0 Å². The number of carbonyl (C=O) groups excluding carboxylic acids is 4. The van der Waals surface area contributed by atoms with Gasteiger partial charge in [0.05, 0.1) is 43.5 Å². The molecule has 0 spiro atoms. The van der Waals surface area contributed by atoms with Crippen LogP contribution < -0.4 is 10.6 Å². The number of H-pyrrole nitrogens is 2. The third kappa shape index (κ3) is 8.20. The number of methoxy groups -OCH3 is 2. The molecule has 2 fully saturated rings. The molecule has 4 aromatic rings. The number of hydrogen-bond acceptors (Lipinski definition) is 8. The normalized spacial score (nSPS) is 18.0. The molecule has 2 aliphatic rings. The van der Waals surface area contributed by atoms with Crippen LogP contribution in [-0.4, -0.2) is 93.1 Å². The molecule has 0 saturated carbocycles. The fourth-order valence-electron chi connectivity index (χ4n) is 7.21. The van der Waals surface area contributed by atoms with E-state index in [0.29, 0.717) is 24.6 Å². The molecule has 2 aliphatic heterocycles. The molecule has 14 heteroatoms. The van der Waals surface area contributed by atoms with Crippen LogP contribution in [0, 0.1) is 23.7 Å². The molecular weight excluding hydrogens is 688 g/mol. The van der Waals surface area contributed by atoms with Gasteiger partial charge in [-0.15, -0.1) is 0 Å². The average molecular weight is 737 g/mol. The van der Waals surface area contributed by atoms with Crippen molar-refractivity contribution in [2.75, 3.05) is 27.3 Å². The zero-order valence-corrected chi connectivity index (χ0v) is 31.6. The molecule has 0 aliphatic carbocycles. The number of aromatic amines is 2. The molecule has 54 heavy (non-hydrogen) atoms. The highest BCUT2D eigenvalue weighted by molar-refractivity contribution is 5.87. The molecule has 2 aromatic carbocycles. The highest BCUT2D eigenvalue weighted by Crippen LogP contribution is 2.34. The van der Waals surface area contributed by atoms with Gasteiger partial charge in [-0.1, -0.05) is 51.8 Å². The number of nitrogens with one attached hydrogen (secondary N) is 4. The SMILES string of the molecule is COC(=O)N[C@@H](C(=O)N1CCC[C@H]1c1ncc(C#Cc2ccc(-c3ccc4nc([C@@H]5CCCN5C(=O)[C@H](NC(=O)OC)C(C)C)[nH]c4c3)cc2)[nH]1)C(C)C. The Morgan fingerprint density at radius 3 is 1.87 bits per heavy atom. The van der Waals surface area contributed by atoms with E-state index in [1.807, 2.05) is 69.0 Å². The van der Waals surface area contributed by atoms with Gasteiger partial charge in [0.1, 0.15) is 29.4 Å². The summed E-state index contributed by atoms with van der Waals surface area (Å²) in [6, 6.07) is 12.2. The number of carbonyl (C=O) groups is 4. The van der Waals surface area contributed by atoms with E-state index in [0.717, 1.165) is 59.2 Å². The largest absolute Gasteiger partial charge is 0.453 e. The number of amides is 4. The first-order valence-corrected chi connectivity index (χ1v) is 18.4. The maximum atomic E-state index is 13.6. The molecule has 14 nitrogen and oxygen atoms in total. The van der Waals surface area contributed by atoms with Crippen molar-refractivity contribution < 1.29 is 28.7 Å². The van der Waals surface area contributed by atoms with Crippen molar-refractivity contribution >= 4 is 35.0 Å². The predicted octanol–water partition coefficient (Wildman–Crippen LogP) is 5.44. The maximum Gasteiger partial charge on any atom is 0.407 e. The zero-order chi connectivity index (χ0) is 38.5. The summed E-state index contributed by atoms with van der Waals surface area (Å²) in [4.78, 5) is 70.6. The monoisotopic (exact) mass is 736 g/mol. The Labute approximate surface area is 314 Å². The summed E-state index contributed by atoms with van der Waals surface area (Å²) in [6.07, 6.45) is 3.63. The number of aromatic nitrogens is 4. The molecule has 4 heterocycles. The minimum absolute atomic E-state index is 0.110. The van der Waals surface area contributed by atoms with Crippen LogP contribution in [0.5, 0.6) is 0 Å². The Kier molecular flexibility index (Phi) is 11.5. The van der Waals surface area contributed by atoms with Gasteiger partial charge in [0.25, 0.3) is 0 Å². The molecular formula is C40H48N8O6. The van der Waals surface area contributed by atoms with E-state index in [2.05, 4.69) is 43.5 Å². The van der Waals surface area contributed by atoms with Crippen LogP contribution in [0.2, 0.25) is 0 Å². The summed E-state index contributed by atoms with van der Waals surface area (Å²) in [5, 5.41) is 5.37. The molecule has 0 radical (unpaired) electrons. The number of alkyl carbamates (subject to hydrolysis) is 2. The van der Waals surface area contributed by atoms with Gasteiger partial charge in [-0.3, -0.25) is 9.59 Å². The fraction of sp³-hybridized carbons (Fsp3) is 0.450. The molecule has 2 saturated heterocycles. The van der Waals surface area contributed by atoms with Crippen LogP contribution in [0.1, 0.15) is 88.4 Å². The first-order chi connectivity index (χ1) is 26.0. The minimum Gasteiger partial charge on any atom is -0.453 e. The Morgan fingerprint density at radius 2 is 1.31 bits per heavy atom. The number of likely N-dealkylation sites (tertiary alicyclic amines) is 2. The number of imidazole rings is 2. The number of hydrogen-bond donors (Lipinski definition) is 4. The zero-order valence-electron chi connectivity index (χ0n) is 31.6. The van der Waals surface area contributed by atoms with E-state index < -0.39 is 24.3 Å². The lowest BCUT2D eigenvalue weighted by molar-refractivity contribution is -0.136. The van der Waals surface area contributed by atoms with Gasteiger partial charge in [-0.05, 0) is 78.8 Å². The number of fused-ring (bicyclic) bond motifs is 1. The van der Waals surface area contributed by atoms with Crippen LogP contribution in [0.3, 0.4) is 0 Å². The van der Waals surface area contributed by atoms with Crippen molar-refractivity contribution in [3.8, 4) is 23.0 Å². The molecule has 0 unspecified atom stereocenters. The molecule has 2 aromatic heterocycles. The highest BCUT2D eigenvalue weighted by Gasteiger charge is 2.39. The van der Waals surface area contributed by atoms with Crippen LogP contribution in [-0.2, 0) is 19.1 Å². The lowest BCUT2D eigenvalue weighted by Crippen LogP contribution is -2.51. The Balaban J connectivity index is 1.12. The third-order valence-electron chi connectivity index (χ3n) is 10.1. The first-order valence-electron chi connectivity index (χ1n) is 18.4. The summed E-state index contributed by atoms with van der Waals surface area (Å²) in [7, 11) is 2.57. The Morgan fingerprint density at radius 1 is 0.759 bits per heavy atom. The molecule has 4 amide bonds. The van der Waals surface area contributed by atoms with E-state index in [1.54, 1.807) is 11.1 Å². The molecule has 6 rings (SSSR count). The molecule has 4 N–H and O–H groups in total. The van der Waals surface area contributed by atoms with Crippen molar-refractivity contribution in [2.45, 2.75) is 77.5 Å². The van der Waals surface area contributed by atoms with E-state index in [4.69, 9.17) is 14.5 Å². The second-order valence-electron chi connectivity index (χ2n) is 14.5. The number of ether oxygens (including phenoxy) is 2. The summed E-state index contributed by atoms with van der Waals surface area (Å²) >= 11 is 0. The summed E-state index contributed by atoms with van der Waals surface area (Å²) in [5.74, 6) is 7.23. The van der Waals surface area contributed by atoms with Gasteiger partial charge in [-0.25, -0.2) is 19.6 Å². The topological polar surface area (TPSA) is 175 Å². The van der Waals surface area contributed by atoms with Gasteiger partial charge in [-0.2, -0.15) is 0 Å². The number of rotatable bonds is 9. The fourth-order valence-corrected chi connectivity index (χ4v) is 7.21. The van der Waals surface area contributed by atoms with Gasteiger partial charge in [0, 0.05) is 18.7 Å². The van der Waals surface area contributed by atoms with Crippen molar-refractivity contribution in [3.63, 3.8) is 0 Å². The van der Waals surface area contributed by atoms with Crippen LogP contribution in [0.4, 0.5) is 9.59 Å². The van der Waals surface area contributed by atoms with E-state index >= 15 is 0 Å². The second-order valence-corrected chi connectivity index (χ2v) is 14.5. The lowest BCUT2D eigenvalue weighted by Gasteiger charge is -2.29. The predicted molar refractivity (Wildman–Crippen MR) is 202 cm³/mol. The van der Waals surface area contributed by atoms with Gasteiger partial charge >= 0.3 is 12.2 Å². The molecule has 284 valence electrons. The van der Waals surface area contributed by atoms with Gasteiger partial charge in [0.2, 0.25) is 11.8 Å². The maximum absolute atomic E-state index is 13.6. The first kappa shape index (κ1) is 37.9. The Bertz CT molecular complexity index is 2060. The third-order valence-corrected chi connectivity index (χ3v) is 10.1. The van der Waals surface area contributed by atoms with E-state index in [1.165, 1.54) is 14.2 Å². The standard InChI is InChI=1S/C40H48N8O6/c1-23(2)33(45-39(51)53-5)37(49)47-19-7-9-31(47)35-41-22-28(42-35)17-13-25-11-14-26(15-12-25)27-16-18-29-30(21-27)44-36(43-29)32-10-8-20-48(32)38(50)34(24(3)4)46-40(52)54-6/h11-12,14-16,18,21-24,31-34H,7-10,19-20H2,1-6H3,(H,41,42)(H,43,44)(H,45,51)(H,46,52)/t31-,32-,33+,34+/m0/s1. The smallest absolute Gasteiger partial charge is 0.407 e. The van der Waals surface area contributed by atoms with Crippen LogP contribution in [0.25, 0.3) is 22.2 Å². The second kappa shape index (κ2) is 16.4. The summed E-state index contributed by atoms with van der Waals surface area (Å²) in [5.41, 5.74) is 5.18. The van der Waals surface area contributed by atoms with E-state index in [-0.39, 0.29) is 35.7 Å². The summed E-state index contributed by atoms with van der Waals surface area (Å²) < 4.78 is 9.49. The van der Waals surface area contributed by atoms with Crippen molar-refractivity contribution in [1.82, 2.24) is 40.4 Å². The highest BCUT2D eigenvalue weighted by atomic mass is 16.5. The number of benzene rings is 2. The van der Waals surface area contributed by atoms with Crippen LogP contribution in [0.15, 0.2) is 48.7 Å². The quantitative estimate of drug-likeness (QED) is 0.164. The van der Waals surface area contributed by atoms with Gasteiger partial charge in [0.15, 0.2) is 0 Å². The minimum atomic E-state index is -0.698. The van der Waals surface area contributed by atoms with E-state index in [9.17, 15) is 19.2 Å². The Hall–Kier alpha value is -5.84. The summed E-state index contributed by atoms with van der Waals surface area (Å²) in [6.45, 7) is 8.74. The molecule has 4 atom stereocenters. The lowest BCUT2D eigenvalue weighted by atomic mass is 10.0. The van der Waals surface area contributed by atoms with Crippen molar-refractivity contribution in [1.29, 1.82) is 0 Å². The average Bonchev–Trinajstić information content (AvgIpc) is 4.00. The van der Waals surface area contributed by atoms with Crippen molar-refractivity contribution in [2.24, 2.45) is 11.8 Å². The molecule has 0 bridgehead atoms. The van der Waals surface area contributed by atoms with Gasteiger partial charge < -0.3 is 39.9 Å². The van der Waals surface area contributed by atoms with Crippen molar-refractivity contribution in [3.05, 3.63) is 71.6 Å². The number of nitrogens with zero attached hydrogens (tertiary/aromatic N) is 4.